The van der Waals surface area contributed by atoms with Crippen molar-refractivity contribution >= 4 is 35.5 Å². The number of fused-ring (bicyclic) bond motifs is 5. The van der Waals surface area contributed by atoms with Gasteiger partial charge in [0.15, 0.2) is 5.78 Å². The molecule has 3 aromatic carbocycles. The highest BCUT2D eigenvalue weighted by molar-refractivity contribution is 6.26. The van der Waals surface area contributed by atoms with Gasteiger partial charge in [-0.2, -0.15) is 5.10 Å². The normalized spacial score (nSPS) is 23.5. The van der Waals surface area contributed by atoms with Gasteiger partial charge in [0.05, 0.1) is 42.5 Å². The van der Waals surface area contributed by atoms with Crippen LogP contribution in [0.5, 0.6) is 0 Å². The first-order valence-electron chi connectivity index (χ1n) is 11.7. The van der Waals surface area contributed by atoms with Gasteiger partial charge in [0.2, 0.25) is 11.8 Å². The van der Waals surface area contributed by atoms with Crippen LogP contribution in [0.4, 0.5) is 10.1 Å². The summed E-state index contributed by atoms with van der Waals surface area (Å²) in [5.41, 5.74) is 1.92. The van der Waals surface area contributed by atoms with Gasteiger partial charge < -0.3 is 4.74 Å². The minimum atomic E-state index is -1.10. The van der Waals surface area contributed by atoms with Crippen molar-refractivity contribution in [3.8, 4) is 0 Å². The van der Waals surface area contributed by atoms with E-state index in [4.69, 9.17) is 4.74 Å². The highest BCUT2D eigenvalue weighted by atomic mass is 19.1. The lowest BCUT2D eigenvalue weighted by atomic mass is 9.83. The third-order valence-electron chi connectivity index (χ3n) is 7.24. The zero-order valence-corrected chi connectivity index (χ0v) is 19.6. The molecule has 3 aliphatic heterocycles. The predicted octanol–water partition coefficient (Wildman–Crippen LogP) is 3.37. The smallest absolute Gasteiger partial charge is 0.339 e. The van der Waals surface area contributed by atoms with E-state index in [9.17, 15) is 23.6 Å². The lowest BCUT2D eigenvalue weighted by Crippen LogP contribution is -2.45. The summed E-state index contributed by atoms with van der Waals surface area (Å²) in [5.74, 6) is -4.76. The highest BCUT2D eigenvalue weighted by Crippen LogP contribution is 2.53. The van der Waals surface area contributed by atoms with E-state index < -0.39 is 53.3 Å². The summed E-state index contributed by atoms with van der Waals surface area (Å²) in [4.78, 5) is 55.2. The summed E-state index contributed by atoms with van der Waals surface area (Å²) < 4.78 is 18.4. The second-order valence-corrected chi connectivity index (χ2v) is 9.09. The number of hydrogen-bond acceptors (Lipinski definition) is 7. The van der Waals surface area contributed by atoms with Gasteiger partial charge in [0.25, 0.3) is 0 Å². The molecule has 0 bridgehead atoms. The number of hydrogen-bond donors (Lipinski definition) is 0. The number of hydrazone groups is 1. The second kappa shape index (κ2) is 8.48. The van der Waals surface area contributed by atoms with Gasteiger partial charge in [-0.3, -0.25) is 19.4 Å². The maximum Gasteiger partial charge on any atom is 0.339 e. The van der Waals surface area contributed by atoms with Gasteiger partial charge in [0.1, 0.15) is 11.9 Å². The fourth-order valence-corrected chi connectivity index (χ4v) is 5.64. The van der Waals surface area contributed by atoms with E-state index in [1.807, 2.05) is 24.3 Å². The molecule has 9 heteroatoms. The van der Waals surface area contributed by atoms with Crippen LogP contribution >= 0.6 is 0 Å². The Hall–Kier alpha value is -4.66. The topological polar surface area (TPSA) is 96.3 Å². The molecule has 0 spiro atoms. The molecule has 37 heavy (non-hydrogen) atoms. The van der Waals surface area contributed by atoms with Crippen LogP contribution in [0.15, 0.2) is 77.9 Å². The van der Waals surface area contributed by atoms with Gasteiger partial charge in [-0.05, 0) is 47.5 Å². The van der Waals surface area contributed by atoms with Crippen LogP contribution in [-0.4, -0.2) is 47.9 Å². The number of ketones is 1. The first kappa shape index (κ1) is 22.8. The van der Waals surface area contributed by atoms with Gasteiger partial charge in [-0.1, -0.05) is 36.4 Å². The van der Waals surface area contributed by atoms with E-state index in [0.29, 0.717) is 0 Å². The monoisotopic (exact) mass is 497 g/mol. The Morgan fingerprint density at radius 3 is 2.32 bits per heavy atom. The Balaban J connectivity index is 1.50. The lowest BCUT2D eigenvalue weighted by molar-refractivity contribution is -0.124. The number of imide groups is 1. The summed E-state index contributed by atoms with van der Waals surface area (Å²) in [6.07, 6.45) is 1.61. The number of Topliss-reactive ketones (excluding diaryl/α,β-unsaturated/α-hetero) is 1. The number of esters is 1. The minimum absolute atomic E-state index is 0.0620. The fraction of sp³-hybridized carbons (Fsp3) is 0.179. The Kier molecular flexibility index (Phi) is 5.22. The number of nitrogens with zero attached hydrogens (tertiary/aromatic N) is 3. The maximum atomic E-state index is 14.0. The molecule has 2 amide bonds. The van der Waals surface area contributed by atoms with Gasteiger partial charge in [-0.15, -0.1) is 0 Å². The average molecular weight is 497 g/mol. The number of amides is 2. The zero-order chi connectivity index (χ0) is 25.8. The number of carbonyl (C=O) groups excluding carboxylic acids is 4. The second-order valence-electron chi connectivity index (χ2n) is 9.09. The Morgan fingerprint density at radius 1 is 0.892 bits per heavy atom. The molecule has 3 heterocycles. The third-order valence-corrected chi connectivity index (χ3v) is 7.24. The molecule has 0 radical (unpaired) electrons. The fourth-order valence-electron chi connectivity index (χ4n) is 5.64. The number of methoxy groups -OCH3 is 1. The van der Waals surface area contributed by atoms with E-state index in [1.54, 1.807) is 18.3 Å². The van der Waals surface area contributed by atoms with Crippen LogP contribution in [0.25, 0.3) is 0 Å². The van der Waals surface area contributed by atoms with E-state index in [-0.39, 0.29) is 16.8 Å². The molecule has 3 aliphatic rings. The van der Waals surface area contributed by atoms with Crippen molar-refractivity contribution in [2.75, 3.05) is 12.0 Å². The van der Waals surface area contributed by atoms with Crippen molar-refractivity contribution in [3.63, 3.8) is 0 Å². The van der Waals surface area contributed by atoms with Crippen LogP contribution in [-0.2, 0) is 14.3 Å². The molecule has 4 atom stereocenters. The van der Waals surface area contributed by atoms with Gasteiger partial charge in [-0.25, -0.2) is 14.1 Å². The minimum Gasteiger partial charge on any atom is -0.465 e. The summed E-state index contributed by atoms with van der Waals surface area (Å²) in [5, 5.41) is 6.03. The van der Waals surface area contributed by atoms with Gasteiger partial charge in [0, 0.05) is 5.56 Å². The summed E-state index contributed by atoms with van der Waals surface area (Å²) in [6, 6.07) is 16.9. The molecular formula is C28H20FN3O5. The molecule has 0 saturated carbocycles. The van der Waals surface area contributed by atoms with Crippen molar-refractivity contribution in [1.29, 1.82) is 0 Å². The number of para-hydroxylation sites is 1. The standard InChI is InChI=1S/C28H20FN3O5/c1-37-28(36)19-8-4-5-9-20(19)31-26(34)21-22(27(31)35)24(25(33)15-10-12-17(29)13-11-15)32-23(21)18-7-3-2-6-16(18)14-30-32/h2-14,21-24H,1H3/t21-,22+,23-,24-/m0/s1. The van der Waals surface area contributed by atoms with Crippen molar-refractivity contribution < 1.29 is 28.3 Å². The van der Waals surface area contributed by atoms with Gasteiger partial charge >= 0.3 is 5.97 Å². The number of anilines is 1. The Labute approximate surface area is 210 Å². The molecule has 3 aromatic rings. The lowest BCUT2D eigenvalue weighted by Gasteiger charge is -2.34. The molecule has 8 nitrogen and oxygen atoms in total. The number of benzene rings is 3. The number of ether oxygens (including phenoxy) is 1. The first-order valence-corrected chi connectivity index (χ1v) is 11.7. The van der Waals surface area contributed by atoms with E-state index in [1.165, 1.54) is 48.5 Å². The first-order chi connectivity index (χ1) is 17.9. The average Bonchev–Trinajstić information content (AvgIpc) is 3.40. The van der Waals surface area contributed by atoms with Crippen molar-refractivity contribution in [3.05, 3.63) is 101 Å². The summed E-state index contributed by atoms with van der Waals surface area (Å²) in [7, 11) is 1.22. The van der Waals surface area contributed by atoms with Crippen molar-refractivity contribution in [2.24, 2.45) is 16.9 Å². The van der Waals surface area contributed by atoms with E-state index in [2.05, 4.69) is 5.10 Å². The van der Waals surface area contributed by atoms with E-state index >= 15 is 0 Å². The highest BCUT2D eigenvalue weighted by Gasteiger charge is 2.65. The molecule has 0 N–H and O–H groups in total. The molecule has 0 aliphatic carbocycles. The summed E-state index contributed by atoms with van der Waals surface area (Å²) in [6.45, 7) is 0. The molecule has 0 unspecified atom stereocenters. The van der Waals surface area contributed by atoms with Crippen LogP contribution in [0, 0.1) is 17.7 Å². The number of carbonyl (C=O) groups is 4. The largest absolute Gasteiger partial charge is 0.465 e. The van der Waals surface area contributed by atoms with Crippen LogP contribution < -0.4 is 4.90 Å². The predicted molar refractivity (Wildman–Crippen MR) is 130 cm³/mol. The molecular weight excluding hydrogens is 477 g/mol. The zero-order valence-electron chi connectivity index (χ0n) is 19.6. The van der Waals surface area contributed by atoms with Crippen LogP contribution in [0.2, 0.25) is 0 Å². The summed E-state index contributed by atoms with van der Waals surface area (Å²) >= 11 is 0. The Bertz CT molecular complexity index is 1500. The van der Waals surface area contributed by atoms with Crippen molar-refractivity contribution in [1.82, 2.24) is 5.01 Å². The molecule has 184 valence electrons. The van der Waals surface area contributed by atoms with E-state index in [0.717, 1.165) is 16.0 Å². The molecule has 2 fully saturated rings. The third kappa shape index (κ3) is 3.31. The molecule has 2 saturated heterocycles. The molecule has 0 aromatic heterocycles. The quantitative estimate of drug-likeness (QED) is 0.312. The number of rotatable bonds is 4. The maximum absolute atomic E-state index is 14.0. The van der Waals surface area contributed by atoms with Crippen molar-refractivity contribution in [2.45, 2.75) is 12.1 Å². The Morgan fingerprint density at radius 2 is 1.57 bits per heavy atom. The SMILES string of the molecule is COC(=O)c1ccccc1N1C(=O)[C@@H]2[C@H](C1=O)[C@@H]1c3ccccc3C=NN1[C@@H]2C(=O)c1ccc(F)cc1. The van der Waals surface area contributed by atoms with Crippen LogP contribution in [0.3, 0.4) is 0 Å². The molecule has 6 rings (SSSR count). The van der Waals surface area contributed by atoms with Crippen LogP contribution in [0.1, 0.15) is 37.9 Å². The number of halogens is 1.